The molecule has 11 heteroatoms. The Morgan fingerprint density at radius 2 is 0.654 bits per heavy atom. The molecule has 0 heterocycles. The summed E-state index contributed by atoms with van der Waals surface area (Å²) in [5.41, 5.74) is 0. The van der Waals surface area contributed by atoms with Gasteiger partial charge >= 0.3 is 0 Å². The van der Waals surface area contributed by atoms with Crippen LogP contribution in [-0.2, 0) is 0 Å². The van der Waals surface area contributed by atoms with Gasteiger partial charge in [0.05, 0.1) is 36.4 Å². The Morgan fingerprint density at radius 3 is 1.04 bits per heavy atom. The Hall–Kier alpha value is -0.330. The molecule has 0 aromatic heterocycles. The molecule has 0 radical (unpaired) electrons. The second-order valence-corrected chi connectivity index (χ2v) is 7.20. The van der Waals surface area contributed by atoms with Gasteiger partial charge in [0.25, 0.3) is 0 Å². The Morgan fingerprint density at radius 1 is 0.385 bits per heavy atom. The predicted molar refractivity (Wildman–Crippen MR) is 108 cm³/mol. The van der Waals surface area contributed by atoms with Crippen LogP contribution in [-0.4, -0.2) is 21.3 Å². The fourth-order valence-corrected chi connectivity index (χ4v) is 3.65. The van der Waals surface area contributed by atoms with Crippen LogP contribution in [0, 0.1) is 0 Å². The first-order chi connectivity index (χ1) is 12.2. The van der Waals surface area contributed by atoms with E-state index in [-0.39, 0.29) is 63.9 Å². The highest BCUT2D eigenvalue weighted by atomic mass is 35.5. The van der Waals surface area contributed by atoms with Crippen molar-refractivity contribution in [1.29, 1.82) is 0 Å². The van der Waals surface area contributed by atoms with E-state index in [9.17, 15) is 0 Å². The third kappa shape index (κ3) is 3.66. The number of methoxy groups -OCH3 is 3. The molecule has 2 aromatic rings. The van der Waals surface area contributed by atoms with Crippen molar-refractivity contribution >= 4 is 81.2 Å². The molecule has 0 spiro atoms. The molecular formula is C15H9Cl7O4. The zero-order valence-corrected chi connectivity index (χ0v) is 18.6. The molecule has 142 valence electrons. The van der Waals surface area contributed by atoms with Crippen LogP contribution in [0.2, 0.25) is 35.2 Å². The number of ether oxygens (including phenoxy) is 4. The van der Waals surface area contributed by atoms with Crippen molar-refractivity contribution in [3.63, 3.8) is 0 Å². The zero-order chi connectivity index (χ0) is 19.8. The van der Waals surface area contributed by atoms with Gasteiger partial charge in [-0.2, -0.15) is 0 Å². The fourth-order valence-electron chi connectivity index (χ4n) is 2.02. The summed E-state index contributed by atoms with van der Waals surface area (Å²) in [6.07, 6.45) is 0. The maximum atomic E-state index is 6.27. The Kier molecular flexibility index (Phi) is 7.42. The van der Waals surface area contributed by atoms with Gasteiger partial charge in [-0.05, 0) is 0 Å². The van der Waals surface area contributed by atoms with E-state index >= 15 is 0 Å². The lowest BCUT2D eigenvalue weighted by atomic mass is 10.2. The minimum atomic E-state index is -0.0546. The van der Waals surface area contributed by atoms with E-state index in [4.69, 9.17) is 100 Å². The van der Waals surface area contributed by atoms with Crippen molar-refractivity contribution in [3.05, 3.63) is 35.2 Å². The highest BCUT2D eigenvalue weighted by Crippen LogP contribution is 2.57. The molecule has 26 heavy (non-hydrogen) atoms. The molecule has 0 saturated heterocycles. The molecule has 0 amide bonds. The number of hydrogen-bond acceptors (Lipinski definition) is 4. The second kappa shape index (κ2) is 8.78. The molecule has 0 saturated carbocycles. The summed E-state index contributed by atoms with van der Waals surface area (Å²) in [5.74, 6) is 0.144. The average molecular weight is 501 g/mol. The number of halogens is 7. The van der Waals surface area contributed by atoms with Gasteiger partial charge in [-0.1, -0.05) is 81.2 Å². The lowest BCUT2D eigenvalue weighted by molar-refractivity contribution is 0.330. The van der Waals surface area contributed by atoms with E-state index in [1.807, 2.05) is 0 Å². The molecule has 0 atom stereocenters. The van der Waals surface area contributed by atoms with Crippen molar-refractivity contribution in [2.45, 2.75) is 0 Å². The smallest absolute Gasteiger partial charge is 0.207 e. The van der Waals surface area contributed by atoms with Gasteiger partial charge in [-0.3, -0.25) is 0 Å². The van der Waals surface area contributed by atoms with Crippen molar-refractivity contribution in [1.82, 2.24) is 0 Å². The van der Waals surface area contributed by atoms with Crippen molar-refractivity contribution in [2.75, 3.05) is 21.3 Å². The quantitative estimate of drug-likeness (QED) is 0.307. The third-order valence-corrected chi connectivity index (χ3v) is 6.26. The fraction of sp³-hybridized carbons (Fsp3) is 0.200. The lowest BCUT2D eigenvalue weighted by Crippen LogP contribution is -1.99. The van der Waals surface area contributed by atoms with Crippen LogP contribution < -0.4 is 18.9 Å². The van der Waals surface area contributed by atoms with Crippen LogP contribution in [0.25, 0.3) is 0 Å². The van der Waals surface area contributed by atoms with Crippen LogP contribution in [0.15, 0.2) is 0 Å². The third-order valence-electron chi connectivity index (χ3n) is 3.20. The van der Waals surface area contributed by atoms with Crippen LogP contribution >= 0.6 is 81.2 Å². The minimum absolute atomic E-state index is 0.000631. The van der Waals surface area contributed by atoms with Gasteiger partial charge in [0.2, 0.25) is 5.75 Å². The second-order valence-electron chi connectivity index (χ2n) is 4.56. The monoisotopic (exact) mass is 498 g/mol. The molecule has 0 aliphatic carbocycles. The zero-order valence-electron chi connectivity index (χ0n) is 13.3. The number of benzene rings is 2. The van der Waals surface area contributed by atoms with Crippen LogP contribution in [0.4, 0.5) is 0 Å². The highest BCUT2D eigenvalue weighted by Gasteiger charge is 2.29. The molecule has 2 aromatic carbocycles. The molecule has 2 rings (SSSR count). The summed E-state index contributed by atoms with van der Waals surface area (Å²) < 4.78 is 21.6. The van der Waals surface area contributed by atoms with Gasteiger partial charge in [0.1, 0.15) is 20.1 Å². The molecule has 4 nitrogen and oxygen atoms in total. The summed E-state index contributed by atoms with van der Waals surface area (Å²) in [6.45, 7) is 0. The molecule has 0 N–H and O–H groups in total. The van der Waals surface area contributed by atoms with Crippen LogP contribution in [0.3, 0.4) is 0 Å². The first-order valence-corrected chi connectivity index (χ1v) is 9.21. The Balaban J connectivity index is 2.80. The lowest BCUT2D eigenvalue weighted by Gasteiger charge is -2.20. The molecule has 0 unspecified atom stereocenters. The van der Waals surface area contributed by atoms with Crippen molar-refractivity contribution in [2.24, 2.45) is 0 Å². The molecular weight excluding hydrogens is 492 g/mol. The van der Waals surface area contributed by atoms with E-state index < -0.39 is 0 Å². The molecule has 0 fully saturated rings. The van der Waals surface area contributed by atoms with Crippen LogP contribution in [0.1, 0.15) is 0 Å². The maximum absolute atomic E-state index is 6.27. The van der Waals surface area contributed by atoms with Gasteiger partial charge in [-0.15, -0.1) is 0 Å². The Bertz CT molecular complexity index is 871. The van der Waals surface area contributed by atoms with Crippen molar-refractivity contribution < 1.29 is 18.9 Å². The van der Waals surface area contributed by atoms with Gasteiger partial charge < -0.3 is 18.9 Å². The highest BCUT2D eigenvalue weighted by molar-refractivity contribution is 6.53. The number of hydrogen-bond donors (Lipinski definition) is 0. The van der Waals surface area contributed by atoms with Gasteiger partial charge in [0.15, 0.2) is 23.0 Å². The van der Waals surface area contributed by atoms with Crippen LogP contribution in [0.5, 0.6) is 28.7 Å². The average Bonchev–Trinajstić information content (AvgIpc) is 2.64. The number of rotatable bonds is 5. The van der Waals surface area contributed by atoms with Gasteiger partial charge in [0, 0.05) is 0 Å². The molecule has 0 aliphatic rings. The van der Waals surface area contributed by atoms with E-state index in [0.717, 1.165) is 0 Å². The largest absolute Gasteiger partial charge is 0.491 e. The summed E-state index contributed by atoms with van der Waals surface area (Å²) in [7, 11) is 4.09. The standard InChI is InChI=1S/C15H9Cl7O4/c1-23-11-7(19)4(16)5(17)9(21)13(11)26-14-10(22)6(18)8(20)12(24-2)15(14)25-3/h1-3H3. The molecule has 0 bridgehead atoms. The Labute approximate surface area is 184 Å². The van der Waals surface area contributed by atoms with Gasteiger partial charge in [-0.25, -0.2) is 0 Å². The minimum Gasteiger partial charge on any atom is -0.491 e. The first kappa shape index (κ1) is 22.0. The maximum Gasteiger partial charge on any atom is 0.207 e. The van der Waals surface area contributed by atoms with Crippen molar-refractivity contribution in [3.8, 4) is 28.7 Å². The predicted octanol–water partition coefficient (Wildman–Crippen LogP) is 8.08. The normalized spacial score (nSPS) is 10.7. The summed E-state index contributed by atoms with van der Waals surface area (Å²) >= 11 is 43.1. The van der Waals surface area contributed by atoms with E-state index in [1.165, 1.54) is 21.3 Å². The molecule has 0 aliphatic heterocycles. The van der Waals surface area contributed by atoms with E-state index in [0.29, 0.717) is 0 Å². The van der Waals surface area contributed by atoms with E-state index in [1.54, 1.807) is 0 Å². The first-order valence-electron chi connectivity index (χ1n) is 6.57. The summed E-state index contributed by atoms with van der Waals surface area (Å²) in [5, 5.41) is -0.0872. The van der Waals surface area contributed by atoms with E-state index in [2.05, 4.69) is 0 Å². The SMILES string of the molecule is COc1c(Cl)c(Cl)c(Cl)c(Cl)c1Oc1c(Cl)c(Cl)c(Cl)c(OC)c1OC. The summed E-state index contributed by atoms with van der Waals surface area (Å²) in [4.78, 5) is 0. The topological polar surface area (TPSA) is 36.9 Å². The summed E-state index contributed by atoms with van der Waals surface area (Å²) in [6, 6.07) is 0.